The fourth-order valence-electron chi connectivity index (χ4n) is 3.63. The zero-order chi connectivity index (χ0) is 13.6. The van der Waals surface area contributed by atoms with E-state index >= 15 is 0 Å². The third-order valence-electron chi connectivity index (χ3n) is 4.92. The standard InChI is InChI=1S/C14H23N3OS/c1-9-6-14(7-9,12(15)19)13(18)16-10-4-5-17(8-10)11-2-3-11/h9-11H,2-8H2,1H3,(H2,15,19)(H,16,18). The molecule has 0 bridgehead atoms. The number of thiocarbonyl (C=S) groups is 1. The van der Waals surface area contributed by atoms with Gasteiger partial charge in [0.25, 0.3) is 0 Å². The summed E-state index contributed by atoms with van der Waals surface area (Å²) in [4.78, 5) is 15.4. The van der Waals surface area contributed by atoms with Crippen molar-refractivity contribution in [2.45, 2.75) is 51.1 Å². The first-order valence-electron chi connectivity index (χ1n) is 7.36. The highest BCUT2D eigenvalue weighted by Crippen LogP contribution is 2.46. The Hall–Kier alpha value is -0.680. The number of hydrogen-bond acceptors (Lipinski definition) is 3. The second-order valence-electron chi connectivity index (χ2n) is 6.64. The molecule has 19 heavy (non-hydrogen) atoms. The average Bonchev–Trinajstić information content (AvgIpc) is 3.06. The van der Waals surface area contributed by atoms with Crippen molar-refractivity contribution < 1.29 is 4.79 Å². The second-order valence-corrected chi connectivity index (χ2v) is 7.08. The topological polar surface area (TPSA) is 58.4 Å². The lowest BCUT2D eigenvalue weighted by Crippen LogP contribution is -2.57. The summed E-state index contributed by atoms with van der Waals surface area (Å²) in [5.74, 6) is 0.625. The van der Waals surface area contributed by atoms with Crippen LogP contribution in [0.3, 0.4) is 0 Å². The highest BCUT2D eigenvalue weighted by molar-refractivity contribution is 7.80. The summed E-state index contributed by atoms with van der Waals surface area (Å²) in [5, 5.41) is 3.19. The number of nitrogens with one attached hydrogen (secondary N) is 1. The fraction of sp³-hybridized carbons (Fsp3) is 0.857. The number of nitrogens with two attached hydrogens (primary N) is 1. The predicted molar refractivity (Wildman–Crippen MR) is 78.8 cm³/mol. The summed E-state index contributed by atoms with van der Waals surface area (Å²) in [6.45, 7) is 4.26. The molecule has 1 unspecified atom stereocenters. The van der Waals surface area contributed by atoms with E-state index in [4.69, 9.17) is 18.0 Å². The zero-order valence-corrected chi connectivity index (χ0v) is 12.3. The van der Waals surface area contributed by atoms with Crippen LogP contribution in [0.15, 0.2) is 0 Å². The molecule has 2 aliphatic carbocycles. The van der Waals surface area contributed by atoms with Crippen molar-refractivity contribution in [1.82, 2.24) is 10.2 Å². The molecule has 1 heterocycles. The fourth-order valence-corrected chi connectivity index (χ4v) is 3.89. The summed E-state index contributed by atoms with van der Waals surface area (Å²) < 4.78 is 0. The quantitative estimate of drug-likeness (QED) is 0.756. The van der Waals surface area contributed by atoms with Gasteiger partial charge in [0, 0.05) is 25.2 Å². The van der Waals surface area contributed by atoms with E-state index < -0.39 is 5.41 Å². The van der Waals surface area contributed by atoms with Crippen LogP contribution in [0.1, 0.15) is 39.0 Å². The van der Waals surface area contributed by atoms with Gasteiger partial charge >= 0.3 is 0 Å². The van der Waals surface area contributed by atoms with Crippen molar-refractivity contribution >= 4 is 23.1 Å². The van der Waals surface area contributed by atoms with Crippen molar-refractivity contribution in [3.63, 3.8) is 0 Å². The first-order valence-corrected chi connectivity index (χ1v) is 7.77. The number of hydrogen-bond donors (Lipinski definition) is 2. The van der Waals surface area contributed by atoms with Gasteiger partial charge in [-0.25, -0.2) is 0 Å². The number of carbonyl (C=O) groups is 1. The third kappa shape index (κ3) is 2.38. The van der Waals surface area contributed by atoms with E-state index in [-0.39, 0.29) is 11.9 Å². The predicted octanol–water partition coefficient (Wildman–Crippen LogP) is 1.04. The molecule has 3 fully saturated rings. The molecule has 3 aliphatic rings. The summed E-state index contributed by atoms with van der Waals surface area (Å²) in [7, 11) is 0. The summed E-state index contributed by atoms with van der Waals surface area (Å²) in [6, 6.07) is 1.07. The van der Waals surface area contributed by atoms with E-state index in [0.29, 0.717) is 10.9 Å². The Morgan fingerprint density at radius 1 is 1.37 bits per heavy atom. The Balaban J connectivity index is 1.57. The molecule has 1 amide bonds. The molecule has 0 aromatic rings. The lowest BCUT2D eigenvalue weighted by molar-refractivity contribution is -0.133. The monoisotopic (exact) mass is 281 g/mol. The first-order chi connectivity index (χ1) is 9.01. The van der Waals surface area contributed by atoms with Gasteiger partial charge in [-0.15, -0.1) is 0 Å². The molecular formula is C14H23N3OS. The van der Waals surface area contributed by atoms with E-state index in [0.717, 1.165) is 38.4 Å². The van der Waals surface area contributed by atoms with Crippen LogP contribution < -0.4 is 11.1 Å². The molecule has 0 aromatic heterocycles. The van der Waals surface area contributed by atoms with Crippen LogP contribution in [-0.4, -0.2) is 41.0 Å². The van der Waals surface area contributed by atoms with Crippen molar-refractivity contribution in [2.24, 2.45) is 17.1 Å². The Morgan fingerprint density at radius 3 is 2.58 bits per heavy atom. The maximum Gasteiger partial charge on any atom is 0.233 e. The van der Waals surface area contributed by atoms with E-state index in [1.807, 2.05) is 0 Å². The maximum absolute atomic E-state index is 12.5. The van der Waals surface area contributed by atoms with E-state index in [2.05, 4.69) is 17.1 Å². The second kappa shape index (κ2) is 4.70. The highest BCUT2D eigenvalue weighted by Gasteiger charge is 2.51. The van der Waals surface area contributed by atoms with Crippen LogP contribution in [-0.2, 0) is 4.79 Å². The Kier molecular flexibility index (Phi) is 3.29. The van der Waals surface area contributed by atoms with Crippen LogP contribution >= 0.6 is 12.2 Å². The van der Waals surface area contributed by atoms with Gasteiger partial charge in [-0.2, -0.15) is 0 Å². The average molecular weight is 281 g/mol. The van der Waals surface area contributed by atoms with Gasteiger partial charge in [0.1, 0.15) is 0 Å². The molecule has 106 valence electrons. The van der Waals surface area contributed by atoms with Gasteiger partial charge in [0.2, 0.25) is 5.91 Å². The zero-order valence-electron chi connectivity index (χ0n) is 11.5. The first kappa shape index (κ1) is 13.3. The maximum atomic E-state index is 12.5. The Morgan fingerprint density at radius 2 is 2.05 bits per heavy atom. The Labute approximate surface area is 120 Å². The molecule has 5 heteroatoms. The third-order valence-corrected chi connectivity index (χ3v) is 5.31. The van der Waals surface area contributed by atoms with Crippen LogP contribution in [0.4, 0.5) is 0 Å². The minimum absolute atomic E-state index is 0.0701. The van der Waals surface area contributed by atoms with Gasteiger partial charge in [0.05, 0.1) is 10.4 Å². The van der Waals surface area contributed by atoms with E-state index in [1.54, 1.807) is 0 Å². The Bertz CT molecular complexity index is 401. The van der Waals surface area contributed by atoms with Crippen LogP contribution in [0.25, 0.3) is 0 Å². The van der Waals surface area contributed by atoms with Crippen molar-refractivity contribution in [1.29, 1.82) is 0 Å². The smallest absolute Gasteiger partial charge is 0.233 e. The highest BCUT2D eigenvalue weighted by atomic mass is 32.1. The van der Waals surface area contributed by atoms with Crippen molar-refractivity contribution in [3.05, 3.63) is 0 Å². The molecule has 1 atom stereocenters. The minimum Gasteiger partial charge on any atom is -0.392 e. The van der Waals surface area contributed by atoms with Gasteiger partial charge in [-0.3, -0.25) is 9.69 Å². The summed E-state index contributed by atoms with van der Waals surface area (Å²) in [5.41, 5.74) is 5.26. The molecule has 1 aliphatic heterocycles. The van der Waals surface area contributed by atoms with Crippen molar-refractivity contribution in [2.75, 3.05) is 13.1 Å². The molecular weight excluding hydrogens is 258 g/mol. The lowest BCUT2D eigenvalue weighted by atomic mass is 9.62. The molecule has 0 aromatic carbocycles. The molecule has 3 N–H and O–H groups in total. The van der Waals surface area contributed by atoms with Gasteiger partial charge in [-0.05, 0) is 38.0 Å². The normalized spacial score (nSPS) is 38.8. The lowest BCUT2D eigenvalue weighted by Gasteiger charge is -2.44. The van der Waals surface area contributed by atoms with Gasteiger partial charge in [0.15, 0.2) is 0 Å². The number of likely N-dealkylation sites (tertiary alicyclic amines) is 1. The summed E-state index contributed by atoms with van der Waals surface area (Å²) in [6.07, 6.45) is 5.34. The number of rotatable bonds is 4. The van der Waals surface area contributed by atoms with Crippen LogP contribution in [0.2, 0.25) is 0 Å². The molecule has 0 spiro atoms. The number of amides is 1. The largest absolute Gasteiger partial charge is 0.392 e. The van der Waals surface area contributed by atoms with Crippen LogP contribution in [0, 0.1) is 11.3 Å². The molecule has 1 saturated heterocycles. The number of nitrogens with zero attached hydrogens (tertiary/aromatic N) is 1. The number of carbonyl (C=O) groups excluding carboxylic acids is 1. The van der Waals surface area contributed by atoms with Crippen molar-refractivity contribution in [3.8, 4) is 0 Å². The summed E-state index contributed by atoms with van der Waals surface area (Å²) >= 11 is 5.13. The molecule has 3 rings (SSSR count). The van der Waals surface area contributed by atoms with Gasteiger partial charge in [-0.1, -0.05) is 19.1 Å². The van der Waals surface area contributed by atoms with Gasteiger partial charge < -0.3 is 11.1 Å². The molecule has 4 nitrogen and oxygen atoms in total. The minimum atomic E-state index is -0.554. The van der Waals surface area contributed by atoms with E-state index in [9.17, 15) is 4.79 Å². The van der Waals surface area contributed by atoms with Crippen LogP contribution in [0.5, 0.6) is 0 Å². The van der Waals surface area contributed by atoms with E-state index in [1.165, 1.54) is 12.8 Å². The molecule has 0 radical (unpaired) electrons. The SMILES string of the molecule is CC1CC(C(=O)NC2CCN(C3CC3)C2)(C(N)=S)C1. The molecule has 2 saturated carbocycles.